The van der Waals surface area contributed by atoms with Gasteiger partial charge in [0.25, 0.3) is 5.91 Å². The SMILES string of the molecule is Nc1c(C(=O)NCC2CO2)cnn1-c1ccc(F)cc1. The number of hydrogen-bond acceptors (Lipinski definition) is 4. The fourth-order valence-corrected chi connectivity index (χ4v) is 1.81. The Balaban J connectivity index is 1.80. The molecule has 2 aromatic rings. The number of anilines is 1. The second-order valence-corrected chi connectivity index (χ2v) is 4.50. The van der Waals surface area contributed by atoms with Gasteiger partial charge in [0.2, 0.25) is 0 Å². The Kier molecular flexibility index (Phi) is 3.11. The second-order valence-electron chi connectivity index (χ2n) is 4.50. The van der Waals surface area contributed by atoms with Crippen molar-refractivity contribution < 1.29 is 13.9 Å². The van der Waals surface area contributed by atoms with Gasteiger partial charge in [-0.05, 0) is 24.3 Å². The first-order chi connectivity index (χ1) is 9.65. The summed E-state index contributed by atoms with van der Waals surface area (Å²) in [7, 11) is 0. The fraction of sp³-hybridized carbons (Fsp3) is 0.231. The molecular formula is C13H13FN4O2. The Bertz CT molecular complexity index is 634. The molecule has 1 aliphatic rings. The molecule has 0 saturated carbocycles. The van der Waals surface area contributed by atoms with Gasteiger partial charge in [-0.1, -0.05) is 0 Å². The molecule has 3 N–H and O–H groups in total. The molecule has 1 unspecified atom stereocenters. The van der Waals surface area contributed by atoms with Gasteiger partial charge < -0.3 is 15.8 Å². The van der Waals surface area contributed by atoms with E-state index in [1.54, 1.807) is 12.1 Å². The van der Waals surface area contributed by atoms with Crippen LogP contribution in [-0.2, 0) is 4.74 Å². The molecule has 0 radical (unpaired) electrons. The van der Waals surface area contributed by atoms with Crippen LogP contribution in [0.3, 0.4) is 0 Å². The number of rotatable bonds is 4. The number of aromatic nitrogens is 2. The highest BCUT2D eigenvalue weighted by molar-refractivity contribution is 5.98. The molecule has 6 nitrogen and oxygen atoms in total. The third-order valence-corrected chi connectivity index (χ3v) is 3.01. The lowest BCUT2D eigenvalue weighted by Gasteiger charge is -2.05. The van der Waals surface area contributed by atoms with Gasteiger partial charge in [-0.2, -0.15) is 5.10 Å². The quantitative estimate of drug-likeness (QED) is 0.806. The molecule has 1 saturated heterocycles. The number of carbonyl (C=O) groups excluding carboxylic acids is 1. The molecule has 0 aliphatic carbocycles. The Morgan fingerprint density at radius 3 is 2.85 bits per heavy atom. The molecule has 1 atom stereocenters. The summed E-state index contributed by atoms with van der Waals surface area (Å²) in [5.41, 5.74) is 6.79. The van der Waals surface area contributed by atoms with E-state index in [0.29, 0.717) is 18.8 Å². The third-order valence-electron chi connectivity index (χ3n) is 3.01. The molecule has 2 heterocycles. The van der Waals surface area contributed by atoms with Gasteiger partial charge in [0, 0.05) is 6.54 Å². The monoisotopic (exact) mass is 276 g/mol. The number of nitrogens with zero attached hydrogens (tertiary/aromatic N) is 2. The highest BCUT2D eigenvalue weighted by Crippen LogP contribution is 2.17. The average Bonchev–Trinajstić information content (AvgIpc) is 3.19. The first-order valence-electron chi connectivity index (χ1n) is 6.14. The summed E-state index contributed by atoms with van der Waals surface area (Å²) in [5, 5.41) is 6.77. The average molecular weight is 276 g/mol. The number of ether oxygens (including phenoxy) is 1. The zero-order valence-corrected chi connectivity index (χ0v) is 10.5. The lowest BCUT2D eigenvalue weighted by molar-refractivity contribution is 0.0951. The van der Waals surface area contributed by atoms with Gasteiger partial charge >= 0.3 is 0 Å². The zero-order valence-electron chi connectivity index (χ0n) is 10.5. The minimum Gasteiger partial charge on any atom is -0.383 e. The van der Waals surface area contributed by atoms with Crippen LogP contribution in [0.5, 0.6) is 0 Å². The standard InChI is InChI=1S/C13H13FN4O2/c14-8-1-3-9(4-2-8)18-12(15)11(6-17-18)13(19)16-5-10-7-20-10/h1-4,6,10H,5,7,15H2,(H,16,19). The van der Waals surface area contributed by atoms with Gasteiger partial charge in [-0.25, -0.2) is 9.07 Å². The van der Waals surface area contributed by atoms with Gasteiger partial charge in [-0.15, -0.1) is 0 Å². The van der Waals surface area contributed by atoms with E-state index in [0.717, 1.165) is 0 Å². The fourth-order valence-electron chi connectivity index (χ4n) is 1.81. The Morgan fingerprint density at radius 2 is 2.20 bits per heavy atom. The van der Waals surface area contributed by atoms with Crippen LogP contribution in [0.4, 0.5) is 10.2 Å². The molecule has 20 heavy (non-hydrogen) atoms. The number of amides is 1. The van der Waals surface area contributed by atoms with E-state index in [2.05, 4.69) is 10.4 Å². The smallest absolute Gasteiger partial charge is 0.256 e. The van der Waals surface area contributed by atoms with Crippen molar-refractivity contribution in [3.8, 4) is 5.69 Å². The summed E-state index contributed by atoms with van der Waals surface area (Å²) in [6.45, 7) is 1.13. The van der Waals surface area contributed by atoms with E-state index in [1.807, 2.05) is 0 Å². The summed E-state index contributed by atoms with van der Waals surface area (Å²) in [6.07, 6.45) is 1.49. The highest BCUT2D eigenvalue weighted by atomic mass is 19.1. The molecule has 0 bridgehead atoms. The van der Waals surface area contributed by atoms with E-state index in [9.17, 15) is 9.18 Å². The Hall–Kier alpha value is -2.41. The molecular weight excluding hydrogens is 263 g/mol. The van der Waals surface area contributed by atoms with E-state index in [-0.39, 0.29) is 29.2 Å². The number of nitrogens with one attached hydrogen (secondary N) is 1. The molecule has 7 heteroatoms. The number of carbonyl (C=O) groups is 1. The molecule has 0 spiro atoms. The number of nitrogens with two attached hydrogens (primary N) is 1. The maximum absolute atomic E-state index is 12.9. The topological polar surface area (TPSA) is 85.5 Å². The number of halogens is 1. The zero-order chi connectivity index (χ0) is 14.1. The second kappa shape index (κ2) is 4.93. The van der Waals surface area contributed by atoms with Crippen molar-refractivity contribution in [2.24, 2.45) is 0 Å². The minimum absolute atomic E-state index is 0.104. The molecule has 3 rings (SSSR count). The first kappa shape index (κ1) is 12.6. The molecule has 1 amide bonds. The van der Waals surface area contributed by atoms with Crippen LogP contribution in [0.15, 0.2) is 30.5 Å². The van der Waals surface area contributed by atoms with Gasteiger partial charge in [-0.3, -0.25) is 4.79 Å². The van der Waals surface area contributed by atoms with E-state index >= 15 is 0 Å². The van der Waals surface area contributed by atoms with Crippen molar-refractivity contribution in [1.29, 1.82) is 0 Å². The van der Waals surface area contributed by atoms with Crippen molar-refractivity contribution in [3.63, 3.8) is 0 Å². The first-order valence-corrected chi connectivity index (χ1v) is 6.14. The molecule has 104 valence electrons. The Morgan fingerprint density at radius 1 is 1.50 bits per heavy atom. The van der Waals surface area contributed by atoms with E-state index in [4.69, 9.17) is 10.5 Å². The van der Waals surface area contributed by atoms with Crippen molar-refractivity contribution in [1.82, 2.24) is 15.1 Å². The summed E-state index contributed by atoms with van der Waals surface area (Å²) >= 11 is 0. The van der Waals surface area contributed by atoms with Crippen molar-refractivity contribution in [2.75, 3.05) is 18.9 Å². The third kappa shape index (κ3) is 2.48. The number of nitrogen functional groups attached to an aromatic ring is 1. The summed E-state index contributed by atoms with van der Waals surface area (Å²) in [6, 6.07) is 5.69. The predicted octanol–water partition coefficient (Wildman–Crippen LogP) is 0.722. The van der Waals surface area contributed by atoms with Gasteiger partial charge in [0.1, 0.15) is 17.2 Å². The summed E-state index contributed by atoms with van der Waals surface area (Å²) in [5.74, 6) is -0.431. The normalized spacial score (nSPS) is 16.9. The molecule has 1 aromatic carbocycles. The van der Waals surface area contributed by atoms with E-state index in [1.165, 1.54) is 23.0 Å². The predicted molar refractivity (Wildman–Crippen MR) is 70.0 cm³/mol. The lowest BCUT2D eigenvalue weighted by Crippen LogP contribution is -2.27. The Labute approximate surface area is 114 Å². The van der Waals surface area contributed by atoms with Crippen LogP contribution in [0.2, 0.25) is 0 Å². The van der Waals surface area contributed by atoms with Crippen LogP contribution < -0.4 is 11.1 Å². The van der Waals surface area contributed by atoms with Crippen LogP contribution in [0.25, 0.3) is 5.69 Å². The maximum atomic E-state index is 12.9. The lowest BCUT2D eigenvalue weighted by atomic mass is 10.3. The minimum atomic E-state index is -0.345. The molecule has 1 fully saturated rings. The number of benzene rings is 1. The van der Waals surface area contributed by atoms with Crippen molar-refractivity contribution >= 4 is 11.7 Å². The van der Waals surface area contributed by atoms with Crippen LogP contribution >= 0.6 is 0 Å². The van der Waals surface area contributed by atoms with Crippen LogP contribution in [0, 0.1) is 5.82 Å². The van der Waals surface area contributed by atoms with Crippen LogP contribution in [-0.4, -0.2) is 34.9 Å². The van der Waals surface area contributed by atoms with E-state index < -0.39 is 0 Å². The van der Waals surface area contributed by atoms with Gasteiger partial charge in [0.05, 0.1) is 24.6 Å². The molecule has 1 aromatic heterocycles. The van der Waals surface area contributed by atoms with Crippen molar-refractivity contribution in [2.45, 2.75) is 6.10 Å². The van der Waals surface area contributed by atoms with Gasteiger partial charge in [0.15, 0.2) is 0 Å². The van der Waals surface area contributed by atoms with Crippen molar-refractivity contribution in [3.05, 3.63) is 41.8 Å². The molecule has 1 aliphatic heterocycles. The van der Waals surface area contributed by atoms with Crippen LogP contribution in [0.1, 0.15) is 10.4 Å². The summed E-state index contributed by atoms with van der Waals surface area (Å²) in [4.78, 5) is 11.9. The summed E-state index contributed by atoms with van der Waals surface area (Å²) < 4.78 is 19.3. The highest BCUT2D eigenvalue weighted by Gasteiger charge is 2.24. The largest absolute Gasteiger partial charge is 0.383 e. The number of epoxide rings is 1. The number of hydrogen-bond donors (Lipinski definition) is 2. The maximum Gasteiger partial charge on any atom is 0.256 e.